The summed E-state index contributed by atoms with van der Waals surface area (Å²) in [4.78, 5) is 30.9. The molecule has 0 bridgehead atoms. The normalized spacial score (nSPS) is 16.2. The molecule has 2 aromatic rings. The summed E-state index contributed by atoms with van der Waals surface area (Å²) in [6.45, 7) is 0.302. The Morgan fingerprint density at radius 3 is 2.81 bits per heavy atom. The number of methoxy groups -OCH3 is 1. The van der Waals surface area contributed by atoms with E-state index < -0.39 is 22.5 Å². The molecule has 0 fully saturated rings. The van der Waals surface area contributed by atoms with Crippen molar-refractivity contribution in [1.29, 1.82) is 0 Å². The highest BCUT2D eigenvalue weighted by Crippen LogP contribution is 2.38. The van der Waals surface area contributed by atoms with Crippen molar-refractivity contribution in [2.75, 3.05) is 32.1 Å². The minimum Gasteiger partial charge on any atom is -0.383 e. The number of hydrogen-bond donors (Lipinski definition) is 2. The summed E-state index contributed by atoms with van der Waals surface area (Å²) in [6, 6.07) is 6.37. The van der Waals surface area contributed by atoms with Gasteiger partial charge in [-0.3, -0.25) is 9.59 Å². The van der Waals surface area contributed by atoms with Gasteiger partial charge in [0.2, 0.25) is 5.91 Å². The lowest BCUT2D eigenvalue weighted by Gasteiger charge is -2.23. The molecule has 2 N–H and O–H groups in total. The number of hydrogen-bond acceptors (Lipinski definition) is 7. The Morgan fingerprint density at radius 2 is 2.00 bits per heavy atom. The summed E-state index contributed by atoms with van der Waals surface area (Å²) in [5.74, 6) is -0.804. The van der Waals surface area contributed by atoms with Crippen LogP contribution < -0.4 is 10.6 Å². The summed E-state index contributed by atoms with van der Waals surface area (Å²) in [5.41, 5.74) is 1.77. The molecule has 0 spiro atoms. The molecule has 32 heavy (non-hydrogen) atoms. The monoisotopic (exact) mass is 476 g/mol. The molecular formula is C21H24N4O5S2. The molecule has 11 heteroatoms. The average Bonchev–Trinajstić information content (AvgIpc) is 3.13. The second kappa shape index (κ2) is 9.39. The fourth-order valence-electron chi connectivity index (χ4n) is 3.78. The van der Waals surface area contributed by atoms with Crippen LogP contribution in [0.5, 0.6) is 0 Å². The molecule has 2 aliphatic rings. The van der Waals surface area contributed by atoms with Crippen molar-refractivity contribution in [1.82, 2.24) is 9.62 Å². The maximum atomic E-state index is 12.9. The Labute approximate surface area is 190 Å². The average molecular weight is 477 g/mol. The number of amides is 2. The van der Waals surface area contributed by atoms with E-state index in [9.17, 15) is 18.0 Å². The highest BCUT2D eigenvalue weighted by molar-refractivity contribution is 7.89. The summed E-state index contributed by atoms with van der Waals surface area (Å²) in [5, 5.41) is 6.03. The molecule has 9 nitrogen and oxygen atoms in total. The molecule has 1 aliphatic carbocycles. The van der Waals surface area contributed by atoms with Gasteiger partial charge in [-0.1, -0.05) is 12.1 Å². The maximum Gasteiger partial charge on any atom is 0.267 e. The molecule has 1 aromatic heterocycles. The number of carbonyl (C=O) groups excluding carboxylic acids is 2. The predicted molar refractivity (Wildman–Crippen MR) is 122 cm³/mol. The number of nitrogens with one attached hydrogen (secondary N) is 2. The molecule has 0 saturated heterocycles. The van der Waals surface area contributed by atoms with Crippen LogP contribution in [0.15, 0.2) is 34.2 Å². The number of ether oxygens (including phenoxy) is 1. The van der Waals surface area contributed by atoms with Gasteiger partial charge >= 0.3 is 0 Å². The molecule has 4 rings (SSSR count). The number of anilines is 1. The molecule has 170 valence electrons. The second-order valence-electron chi connectivity index (χ2n) is 7.47. The summed E-state index contributed by atoms with van der Waals surface area (Å²) < 4.78 is 31.6. The van der Waals surface area contributed by atoms with Crippen molar-refractivity contribution >= 4 is 50.2 Å². The van der Waals surface area contributed by atoms with E-state index in [2.05, 4.69) is 15.6 Å². The van der Waals surface area contributed by atoms with E-state index in [1.165, 1.54) is 17.4 Å². The van der Waals surface area contributed by atoms with Gasteiger partial charge in [-0.05, 0) is 43.4 Å². The van der Waals surface area contributed by atoms with E-state index in [1.807, 2.05) is 0 Å². The number of sulfonamides is 1. The fourth-order valence-corrected chi connectivity index (χ4v) is 6.43. The Bertz CT molecular complexity index is 1170. The van der Waals surface area contributed by atoms with Crippen molar-refractivity contribution in [3.8, 4) is 0 Å². The van der Waals surface area contributed by atoms with Crippen molar-refractivity contribution in [3.05, 3.63) is 40.3 Å². The van der Waals surface area contributed by atoms with E-state index in [1.54, 1.807) is 25.3 Å². The number of aryl methyl sites for hydroxylation is 1. The zero-order chi connectivity index (χ0) is 22.7. The Balaban J connectivity index is 1.54. The number of benzene rings is 1. The molecule has 1 aliphatic heterocycles. The van der Waals surface area contributed by atoms with Gasteiger partial charge in [-0.25, -0.2) is 17.7 Å². The van der Waals surface area contributed by atoms with Crippen LogP contribution in [0.1, 0.15) is 33.6 Å². The zero-order valence-electron chi connectivity index (χ0n) is 17.6. The van der Waals surface area contributed by atoms with Gasteiger partial charge in [0.15, 0.2) is 0 Å². The van der Waals surface area contributed by atoms with Crippen LogP contribution >= 0.6 is 11.3 Å². The molecule has 0 radical (unpaired) electrons. The first-order valence-corrected chi connectivity index (χ1v) is 12.5. The second-order valence-corrected chi connectivity index (χ2v) is 10.4. The maximum absolute atomic E-state index is 12.9. The summed E-state index contributed by atoms with van der Waals surface area (Å²) in [6.07, 6.45) is 4.80. The molecule has 0 saturated carbocycles. The standard InChI is InChI=1S/C21H24N4O5S2/c1-30-11-10-22-20(27)19-14-6-2-4-8-16(14)31-21(19)24-18(26)12-25-13-23-15-7-3-5-9-17(15)32(25,28)29/h3,5,7,9,13H,2,4,6,8,10-12H2,1H3,(H,22,27)(H,24,26). The Morgan fingerprint density at radius 1 is 1.22 bits per heavy atom. The van der Waals surface area contributed by atoms with Gasteiger partial charge in [0.1, 0.15) is 22.8 Å². The van der Waals surface area contributed by atoms with Crippen molar-refractivity contribution in [2.45, 2.75) is 30.6 Å². The first-order valence-electron chi connectivity index (χ1n) is 10.3. The lowest BCUT2D eigenvalue weighted by Crippen LogP contribution is -2.38. The number of nitrogens with zero attached hydrogens (tertiary/aromatic N) is 2. The Kier molecular flexibility index (Phi) is 6.58. The number of aliphatic imine (C=N–C) groups is 1. The largest absolute Gasteiger partial charge is 0.383 e. The van der Waals surface area contributed by atoms with Crippen LogP contribution in [-0.2, 0) is 32.4 Å². The van der Waals surface area contributed by atoms with Crippen LogP contribution in [0.25, 0.3) is 0 Å². The minimum atomic E-state index is -3.88. The molecule has 0 atom stereocenters. The number of rotatable bonds is 7. The third-order valence-electron chi connectivity index (χ3n) is 5.32. The van der Waals surface area contributed by atoms with E-state index in [-0.39, 0.29) is 10.8 Å². The van der Waals surface area contributed by atoms with Crippen LogP contribution in [0.4, 0.5) is 10.7 Å². The molecule has 0 unspecified atom stereocenters. The number of carbonyl (C=O) groups is 2. The van der Waals surface area contributed by atoms with E-state index in [0.717, 1.165) is 46.8 Å². The topological polar surface area (TPSA) is 117 Å². The third kappa shape index (κ3) is 4.41. The fraction of sp³-hybridized carbons (Fsp3) is 0.381. The minimum absolute atomic E-state index is 0.0556. The highest BCUT2D eigenvalue weighted by atomic mass is 32.2. The van der Waals surface area contributed by atoms with Gasteiger partial charge in [-0.2, -0.15) is 0 Å². The van der Waals surface area contributed by atoms with Gasteiger partial charge in [0.05, 0.1) is 17.9 Å². The first-order chi connectivity index (χ1) is 15.4. The van der Waals surface area contributed by atoms with Gasteiger partial charge in [0.25, 0.3) is 15.9 Å². The lowest BCUT2D eigenvalue weighted by atomic mass is 9.95. The molecule has 2 heterocycles. The first kappa shape index (κ1) is 22.4. The lowest BCUT2D eigenvalue weighted by molar-refractivity contribution is -0.115. The van der Waals surface area contributed by atoms with E-state index >= 15 is 0 Å². The molecular weight excluding hydrogens is 452 g/mol. The van der Waals surface area contributed by atoms with Crippen LogP contribution in [-0.4, -0.2) is 57.7 Å². The summed E-state index contributed by atoms with van der Waals surface area (Å²) in [7, 11) is -2.32. The quantitative estimate of drug-likeness (QED) is 0.595. The third-order valence-corrected chi connectivity index (χ3v) is 8.27. The van der Waals surface area contributed by atoms with Crippen molar-refractivity contribution in [2.24, 2.45) is 4.99 Å². The van der Waals surface area contributed by atoms with Crippen LogP contribution in [0.2, 0.25) is 0 Å². The number of thiophene rings is 1. The highest BCUT2D eigenvalue weighted by Gasteiger charge is 2.31. The number of fused-ring (bicyclic) bond motifs is 2. The van der Waals surface area contributed by atoms with Gasteiger partial charge < -0.3 is 15.4 Å². The van der Waals surface area contributed by atoms with E-state index in [4.69, 9.17) is 4.74 Å². The van der Waals surface area contributed by atoms with Gasteiger partial charge in [-0.15, -0.1) is 11.3 Å². The zero-order valence-corrected chi connectivity index (χ0v) is 19.2. The van der Waals surface area contributed by atoms with E-state index in [0.29, 0.717) is 29.4 Å². The summed E-state index contributed by atoms with van der Waals surface area (Å²) >= 11 is 1.38. The van der Waals surface area contributed by atoms with Gasteiger partial charge in [0, 0.05) is 18.5 Å². The van der Waals surface area contributed by atoms with Crippen LogP contribution in [0, 0.1) is 0 Å². The molecule has 1 aromatic carbocycles. The van der Waals surface area contributed by atoms with Crippen molar-refractivity contribution < 1.29 is 22.7 Å². The smallest absolute Gasteiger partial charge is 0.267 e. The Hall–Kier alpha value is -2.76. The SMILES string of the molecule is COCCNC(=O)c1c(NC(=O)CN2C=Nc3ccccc3S2(=O)=O)sc2c1CCCC2. The predicted octanol–water partition coefficient (Wildman–Crippen LogP) is 2.31. The van der Waals surface area contributed by atoms with Crippen LogP contribution in [0.3, 0.4) is 0 Å². The molecule has 2 amide bonds. The van der Waals surface area contributed by atoms with Crippen molar-refractivity contribution in [3.63, 3.8) is 0 Å². The number of para-hydroxylation sites is 1.